The standard InChI is InChI=1S/C14H10F11NO.2ClH.Ti/c1-7-3-2-4-8(9(7)27)5-26-6-10(15,16)11(17,18)12(19,20)13(21,22)14(23,24)25;;;/h2-5,27H,6H2,1H3;2*1H;/q;;;+2/p-2. The SMILES string of the molecule is Cc1cccc(C=NCC(F)(F)C(F)(F)C(F)(F)C(F)(F)C(F)(F)F)c1O.[Cl][Ti][Cl]. The van der Waals surface area contributed by atoms with E-state index < -0.39 is 59.2 Å². The Balaban J connectivity index is 0.00000263. The Morgan fingerprint density at radius 1 is 0.900 bits per heavy atom. The van der Waals surface area contributed by atoms with Crippen molar-refractivity contribution in [2.24, 2.45) is 4.99 Å². The average Bonchev–Trinajstić information content (AvgIpc) is 2.57. The summed E-state index contributed by atoms with van der Waals surface area (Å²) in [5.41, 5.74) is -0.103. The molecule has 0 atom stereocenters. The van der Waals surface area contributed by atoms with E-state index in [1.54, 1.807) is 0 Å². The number of aromatic hydroxyl groups is 1. The van der Waals surface area contributed by atoms with E-state index in [2.05, 4.69) is 4.99 Å². The molecular weight excluding hydrogens is 526 g/mol. The average molecular weight is 536 g/mol. The molecule has 0 aromatic heterocycles. The first kappa shape index (κ1) is 29.2. The minimum atomic E-state index is -7.46. The molecule has 0 fully saturated rings. The van der Waals surface area contributed by atoms with Gasteiger partial charge in [0.1, 0.15) is 12.3 Å². The van der Waals surface area contributed by atoms with Gasteiger partial charge in [0.05, 0.1) is 0 Å². The number of halogens is 13. The van der Waals surface area contributed by atoms with Crippen LogP contribution in [-0.2, 0) is 17.0 Å². The number of benzene rings is 1. The van der Waals surface area contributed by atoms with Crippen LogP contribution in [0.25, 0.3) is 0 Å². The Kier molecular flexibility index (Phi) is 9.95. The molecule has 0 unspecified atom stereocenters. The van der Waals surface area contributed by atoms with Crippen molar-refractivity contribution >= 4 is 24.8 Å². The van der Waals surface area contributed by atoms with E-state index in [9.17, 15) is 53.4 Å². The Hall–Kier alpha value is -0.786. The van der Waals surface area contributed by atoms with Crippen molar-refractivity contribution in [2.75, 3.05) is 6.54 Å². The first-order valence-electron chi connectivity index (χ1n) is 7.14. The fourth-order valence-corrected chi connectivity index (χ4v) is 1.75. The molecule has 1 N–H and O–H groups in total. The molecule has 0 aliphatic rings. The van der Waals surface area contributed by atoms with Crippen LogP contribution in [0.15, 0.2) is 23.2 Å². The van der Waals surface area contributed by atoms with Gasteiger partial charge in [0, 0.05) is 11.8 Å². The molecule has 0 aliphatic heterocycles. The maximum absolute atomic E-state index is 13.4. The molecule has 1 aromatic rings. The first-order valence-corrected chi connectivity index (χ1v) is 11.4. The molecule has 30 heavy (non-hydrogen) atoms. The molecule has 172 valence electrons. The fraction of sp³-hybridized carbons (Fsp3) is 0.500. The Morgan fingerprint density at radius 3 is 1.80 bits per heavy atom. The maximum atomic E-state index is 13.4. The van der Waals surface area contributed by atoms with Gasteiger partial charge in [-0.15, -0.1) is 0 Å². The third kappa shape index (κ3) is 5.92. The van der Waals surface area contributed by atoms with Crippen LogP contribution in [0.5, 0.6) is 5.75 Å². The van der Waals surface area contributed by atoms with Crippen LogP contribution in [0, 0.1) is 6.92 Å². The van der Waals surface area contributed by atoms with Gasteiger partial charge in [0.25, 0.3) is 0 Å². The number of aliphatic imine (C=N–C) groups is 1. The summed E-state index contributed by atoms with van der Waals surface area (Å²) in [6, 6.07) is 3.70. The molecular formula is C14H10Cl2F11NOTi. The Morgan fingerprint density at radius 2 is 1.37 bits per heavy atom. The summed E-state index contributed by atoms with van der Waals surface area (Å²) in [4.78, 5) is 2.66. The summed E-state index contributed by atoms with van der Waals surface area (Å²) >= 11 is -0.556. The van der Waals surface area contributed by atoms with Crippen molar-refractivity contribution < 1.29 is 70.4 Å². The van der Waals surface area contributed by atoms with E-state index in [1.165, 1.54) is 19.1 Å². The van der Waals surface area contributed by atoms with Gasteiger partial charge in [-0.2, -0.15) is 48.3 Å². The second-order valence-corrected chi connectivity index (χ2v) is 8.06. The van der Waals surface area contributed by atoms with Gasteiger partial charge in [-0.3, -0.25) is 4.99 Å². The molecule has 0 bridgehead atoms. The van der Waals surface area contributed by atoms with Crippen LogP contribution in [0.3, 0.4) is 0 Å². The molecule has 0 aliphatic carbocycles. The van der Waals surface area contributed by atoms with Crippen LogP contribution in [0.4, 0.5) is 48.3 Å². The number of rotatable bonds is 6. The number of para-hydroxylation sites is 1. The quantitative estimate of drug-likeness (QED) is 0.248. The summed E-state index contributed by atoms with van der Waals surface area (Å²) in [6.07, 6.45) is -6.85. The number of alkyl halides is 11. The zero-order valence-electron chi connectivity index (χ0n) is 14.3. The van der Waals surface area contributed by atoms with E-state index in [1.807, 2.05) is 0 Å². The van der Waals surface area contributed by atoms with E-state index in [4.69, 9.17) is 18.6 Å². The summed E-state index contributed by atoms with van der Waals surface area (Å²) in [5, 5.41) is 9.54. The molecule has 0 spiro atoms. The zero-order valence-corrected chi connectivity index (χ0v) is 17.4. The van der Waals surface area contributed by atoms with Crippen LogP contribution in [-0.4, -0.2) is 47.7 Å². The number of phenolic OH excluding ortho intramolecular Hbond substituents is 1. The van der Waals surface area contributed by atoms with Gasteiger partial charge >= 0.3 is 65.5 Å². The zero-order chi connectivity index (χ0) is 24.2. The molecule has 1 rings (SSSR count). The number of phenols is 1. The number of aryl methyl sites for hydroxylation is 1. The molecule has 0 heterocycles. The normalized spacial score (nSPS) is 13.8. The number of hydrogen-bond donors (Lipinski definition) is 1. The van der Waals surface area contributed by atoms with Gasteiger partial charge in [-0.25, -0.2) is 0 Å². The van der Waals surface area contributed by atoms with Crippen LogP contribution >= 0.6 is 18.6 Å². The van der Waals surface area contributed by atoms with E-state index in [0.29, 0.717) is 6.21 Å². The van der Waals surface area contributed by atoms with Crippen molar-refractivity contribution in [1.82, 2.24) is 0 Å². The predicted octanol–water partition coefficient (Wildman–Crippen LogP) is 6.60. The van der Waals surface area contributed by atoms with Gasteiger partial charge in [-0.1, -0.05) is 12.1 Å². The van der Waals surface area contributed by atoms with Gasteiger partial charge in [0.2, 0.25) is 0 Å². The molecule has 0 saturated carbocycles. The van der Waals surface area contributed by atoms with Gasteiger partial charge in [0.15, 0.2) is 0 Å². The van der Waals surface area contributed by atoms with Gasteiger partial charge < -0.3 is 5.11 Å². The summed E-state index contributed by atoms with van der Waals surface area (Å²) in [6.45, 7) is -1.19. The Labute approximate surface area is 178 Å². The van der Waals surface area contributed by atoms with E-state index in [0.717, 1.165) is 6.07 Å². The van der Waals surface area contributed by atoms with E-state index >= 15 is 0 Å². The van der Waals surface area contributed by atoms with Crippen molar-refractivity contribution in [3.05, 3.63) is 29.3 Å². The fourth-order valence-electron chi connectivity index (χ4n) is 1.75. The molecule has 0 radical (unpaired) electrons. The van der Waals surface area contributed by atoms with Crippen LogP contribution < -0.4 is 0 Å². The minimum absolute atomic E-state index is 0.201. The van der Waals surface area contributed by atoms with Gasteiger partial charge in [-0.05, 0) is 18.6 Å². The molecule has 0 amide bonds. The second kappa shape index (κ2) is 10.2. The van der Waals surface area contributed by atoms with Crippen LogP contribution in [0.2, 0.25) is 0 Å². The van der Waals surface area contributed by atoms with Crippen molar-refractivity contribution in [3.63, 3.8) is 0 Å². The number of hydrogen-bond acceptors (Lipinski definition) is 2. The van der Waals surface area contributed by atoms with Crippen LogP contribution in [0.1, 0.15) is 11.1 Å². The second-order valence-electron chi connectivity index (χ2n) is 5.48. The Bertz CT molecular complexity index is 741. The molecule has 16 heteroatoms. The first-order chi connectivity index (χ1) is 13.3. The predicted molar refractivity (Wildman–Crippen MR) is 82.9 cm³/mol. The van der Waals surface area contributed by atoms with Crippen molar-refractivity contribution in [1.29, 1.82) is 0 Å². The summed E-state index contributed by atoms with van der Waals surface area (Å²) < 4.78 is 141. The third-order valence-electron chi connectivity index (χ3n) is 3.39. The summed E-state index contributed by atoms with van der Waals surface area (Å²) in [5.74, 6) is -28.6. The topological polar surface area (TPSA) is 32.6 Å². The molecule has 1 aromatic carbocycles. The molecule has 2 nitrogen and oxygen atoms in total. The number of nitrogens with zero attached hydrogens (tertiary/aromatic N) is 1. The molecule has 0 saturated heterocycles. The van der Waals surface area contributed by atoms with E-state index in [-0.39, 0.29) is 11.1 Å². The van der Waals surface area contributed by atoms with Crippen molar-refractivity contribution in [3.8, 4) is 5.75 Å². The summed E-state index contributed by atoms with van der Waals surface area (Å²) in [7, 11) is 9.78. The monoisotopic (exact) mass is 535 g/mol. The van der Waals surface area contributed by atoms with Crippen molar-refractivity contribution in [2.45, 2.75) is 36.8 Å². The third-order valence-corrected chi connectivity index (χ3v) is 3.39.